The smallest absolute Gasteiger partial charge is 0.289 e. The summed E-state index contributed by atoms with van der Waals surface area (Å²) in [4.78, 5) is 16.0. The molecule has 0 spiro atoms. The number of furan rings is 1. The van der Waals surface area contributed by atoms with Crippen molar-refractivity contribution in [1.29, 1.82) is 0 Å². The van der Waals surface area contributed by atoms with Gasteiger partial charge in [0.15, 0.2) is 11.5 Å². The van der Waals surface area contributed by atoms with Crippen molar-refractivity contribution < 1.29 is 13.7 Å². The summed E-state index contributed by atoms with van der Waals surface area (Å²) in [5.41, 5.74) is 2.46. The molecule has 3 aromatic rings. The minimum atomic E-state index is -0.135. The molecular formula is C21H26N4O3S. The fourth-order valence-electron chi connectivity index (χ4n) is 3.70. The molecule has 1 saturated heterocycles. The molecule has 7 nitrogen and oxygen atoms in total. The molecule has 0 radical (unpaired) electrons. The number of aromatic nitrogens is 3. The lowest BCUT2D eigenvalue weighted by Gasteiger charge is -2.31. The molecular weight excluding hydrogens is 388 g/mol. The van der Waals surface area contributed by atoms with Crippen molar-refractivity contribution >= 4 is 17.4 Å². The number of carbonyl (C=O) groups excluding carboxylic acids is 1. The van der Waals surface area contributed by atoms with E-state index in [1.54, 1.807) is 0 Å². The molecule has 4 rings (SSSR count). The van der Waals surface area contributed by atoms with E-state index in [9.17, 15) is 4.79 Å². The Morgan fingerprint density at radius 1 is 1.28 bits per heavy atom. The topological polar surface area (TPSA) is 85.3 Å². The van der Waals surface area contributed by atoms with Crippen LogP contribution in [-0.4, -0.2) is 38.6 Å². The molecule has 0 aliphatic carbocycles. The molecule has 0 N–H and O–H groups in total. The fourth-order valence-corrected chi connectivity index (χ4v) is 4.40. The summed E-state index contributed by atoms with van der Waals surface area (Å²) in [6.07, 6.45) is 1.87. The highest BCUT2D eigenvalue weighted by atomic mass is 32.1. The van der Waals surface area contributed by atoms with Crippen LogP contribution in [0.4, 0.5) is 0 Å². The van der Waals surface area contributed by atoms with Gasteiger partial charge in [0.05, 0.1) is 11.4 Å². The summed E-state index contributed by atoms with van der Waals surface area (Å²) in [5, 5.41) is 8.34. The van der Waals surface area contributed by atoms with Gasteiger partial charge in [0, 0.05) is 36.1 Å². The predicted molar refractivity (Wildman–Crippen MR) is 110 cm³/mol. The fraction of sp³-hybridized carbons (Fsp3) is 0.524. The van der Waals surface area contributed by atoms with Gasteiger partial charge < -0.3 is 13.8 Å². The summed E-state index contributed by atoms with van der Waals surface area (Å²) >= 11 is 1.31. The standard InChI is InChI=1S/C21H26N4O3S/c1-12-9-16(21(3,4)5)27-18(12)20(26)25-8-6-7-14(11-25)17-19(29-24-22-17)15-10-13(2)23-28-15/h9-10,14H,6-8,11H2,1-5H3/t14-/m1/s1. The second kappa shape index (κ2) is 7.40. The zero-order chi connectivity index (χ0) is 20.8. The third-order valence-corrected chi connectivity index (χ3v) is 6.07. The number of aryl methyl sites for hydroxylation is 2. The molecule has 0 bridgehead atoms. The molecule has 8 heteroatoms. The summed E-state index contributed by atoms with van der Waals surface area (Å²) in [7, 11) is 0. The van der Waals surface area contributed by atoms with Gasteiger partial charge in [-0.3, -0.25) is 4.79 Å². The van der Waals surface area contributed by atoms with Crippen LogP contribution in [0.1, 0.15) is 72.8 Å². The van der Waals surface area contributed by atoms with E-state index in [4.69, 9.17) is 8.94 Å². The highest BCUT2D eigenvalue weighted by molar-refractivity contribution is 7.09. The van der Waals surface area contributed by atoms with Gasteiger partial charge in [0.1, 0.15) is 10.6 Å². The number of likely N-dealkylation sites (tertiary alicyclic amines) is 1. The van der Waals surface area contributed by atoms with Crippen molar-refractivity contribution in [3.8, 4) is 10.6 Å². The molecule has 1 aliphatic heterocycles. The zero-order valence-electron chi connectivity index (χ0n) is 17.5. The Balaban J connectivity index is 1.56. The van der Waals surface area contributed by atoms with Crippen molar-refractivity contribution in [3.05, 3.63) is 40.6 Å². The first-order chi connectivity index (χ1) is 13.7. The Morgan fingerprint density at radius 2 is 2.07 bits per heavy atom. The average Bonchev–Trinajstić information content (AvgIpc) is 3.39. The number of amides is 1. The maximum Gasteiger partial charge on any atom is 0.289 e. The number of carbonyl (C=O) groups is 1. The second-order valence-electron chi connectivity index (χ2n) is 8.78. The SMILES string of the molecule is Cc1cc(-c2snnc2[C@@H]2CCCN(C(=O)c3oc(C(C)(C)C)cc3C)C2)on1. The third-order valence-electron chi connectivity index (χ3n) is 5.31. The Labute approximate surface area is 174 Å². The molecule has 1 atom stereocenters. The lowest BCUT2D eigenvalue weighted by atomic mass is 9.93. The van der Waals surface area contributed by atoms with E-state index in [0.717, 1.165) is 40.4 Å². The predicted octanol–water partition coefficient (Wildman–Crippen LogP) is 4.72. The highest BCUT2D eigenvalue weighted by Crippen LogP contribution is 2.36. The lowest BCUT2D eigenvalue weighted by molar-refractivity contribution is 0.0669. The lowest BCUT2D eigenvalue weighted by Crippen LogP contribution is -2.39. The van der Waals surface area contributed by atoms with Crippen molar-refractivity contribution in [3.63, 3.8) is 0 Å². The van der Waals surface area contributed by atoms with Gasteiger partial charge in [-0.2, -0.15) is 0 Å². The molecule has 1 fully saturated rings. The number of hydrogen-bond donors (Lipinski definition) is 0. The molecule has 29 heavy (non-hydrogen) atoms. The molecule has 1 aliphatic rings. The highest BCUT2D eigenvalue weighted by Gasteiger charge is 2.32. The zero-order valence-corrected chi connectivity index (χ0v) is 18.3. The first kappa shape index (κ1) is 19.8. The van der Waals surface area contributed by atoms with Crippen LogP contribution in [0.25, 0.3) is 10.6 Å². The van der Waals surface area contributed by atoms with E-state index >= 15 is 0 Å². The van der Waals surface area contributed by atoms with E-state index in [1.165, 1.54) is 11.5 Å². The van der Waals surface area contributed by atoms with Crippen molar-refractivity contribution in [2.45, 2.75) is 58.8 Å². The minimum Gasteiger partial charge on any atom is -0.455 e. The largest absolute Gasteiger partial charge is 0.455 e. The van der Waals surface area contributed by atoms with Gasteiger partial charge >= 0.3 is 0 Å². The molecule has 3 aromatic heterocycles. The maximum absolute atomic E-state index is 13.2. The summed E-state index contributed by atoms with van der Waals surface area (Å²) in [6.45, 7) is 11.4. The van der Waals surface area contributed by atoms with Gasteiger partial charge in [-0.25, -0.2) is 0 Å². The normalized spacial score (nSPS) is 17.7. The maximum atomic E-state index is 13.2. The number of hydrogen-bond acceptors (Lipinski definition) is 7. The Bertz CT molecular complexity index is 1030. The Kier molecular flexibility index (Phi) is 5.06. The van der Waals surface area contributed by atoms with Crippen molar-refractivity contribution in [2.75, 3.05) is 13.1 Å². The Morgan fingerprint density at radius 3 is 2.72 bits per heavy atom. The van der Waals surface area contributed by atoms with Gasteiger partial charge in [0.25, 0.3) is 5.91 Å². The van der Waals surface area contributed by atoms with E-state index in [0.29, 0.717) is 24.6 Å². The van der Waals surface area contributed by atoms with Crippen molar-refractivity contribution in [1.82, 2.24) is 19.6 Å². The molecule has 0 saturated carbocycles. The van der Waals surface area contributed by atoms with Gasteiger partial charge in [0.2, 0.25) is 0 Å². The van der Waals surface area contributed by atoms with Crippen LogP contribution >= 0.6 is 11.5 Å². The number of piperidine rings is 1. The van der Waals surface area contributed by atoms with E-state index in [-0.39, 0.29) is 17.2 Å². The monoisotopic (exact) mass is 414 g/mol. The summed E-state index contributed by atoms with van der Waals surface area (Å²) < 4.78 is 15.5. The molecule has 1 amide bonds. The van der Waals surface area contributed by atoms with Crippen LogP contribution in [0.15, 0.2) is 21.1 Å². The van der Waals surface area contributed by atoms with Gasteiger partial charge in [-0.1, -0.05) is 30.4 Å². The molecule has 4 heterocycles. The van der Waals surface area contributed by atoms with Crippen LogP contribution in [0.3, 0.4) is 0 Å². The van der Waals surface area contributed by atoms with E-state index < -0.39 is 0 Å². The van der Waals surface area contributed by atoms with Crippen LogP contribution in [0.5, 0.6) is 0 Å². The molecule has 154 valence electrons. The second-order valence-corrected chi connectivity index (χ2v) is 9.54. The number of nitrogens with zero attached hydrogens (tertiary/aromatic N) is 4. The van der Waals surface area contributed by atoms with Gasteiger partial charge in [-0.05, 0) is 44.3 Å². The van der Waals surface area contributed by atoms with Crippen LogP contribution in [0, 0.1) is 13.8 Å². The molecule has 0 unspecified atom stereocenters. The summed E-state index contributed by atoms with van der Waals surface area (Å²) in [5.74, 6) is 2.02. The van der Waals surface area contributed by atoms with Crippen molar-refractivity contribution in [2.24, 2.45) is 0 Å². The Hall–Kier alpha value is -2.48. The van der Waals surface area contributed by atoms with Crippen LogP contribution in [-0.2, 0) is 5.41 Å². The molecule has 0 aromatic carbocycles. The van der Waals surface area contributed by atoms with E-state index in [1.807, 2.05) is 30.9 Å². The van der Waals surface area contributed by atoms with Gasteiger partial charge in [-0.15, -0.1) is 5.10 Å². The van der Waals surface area contributed by atoms with Crippen LogP contribution in [0.2, 0.25) is 0 Å². The van der Waals surface area contributed by atoms with Crippen LogP contribution < -0.4 is 0 Å². The summed E-state index contributed by atoms with van der Waals surface area (Å²) in [6, 6.07) is 3.87. The quantitative estimate of drug-likeness (QED) is 0.616. The minimum absolute atomic E-state index is 0.0528. The van der Waals surface area contributed by atoms with E-state index in [2.05, 4.69) is 35.5 Å². The number of rotatable bonds is 3. The third kappa shape index (κ3) is 3.85. The first-order valence-corrected chi connectivity index (χ1v) is 10.7. The average molecular weight is 415 g/mol. The first-order valence-electron chi connectivity index (χ1n) is 9.90.